The molecule has 1 rings (SSSR count). The fourth-order valence-electron chi connectivity index (χ4n) is 1.08. The minimum atomic E-state index is -0.528. The number of hydrogen-bond acceptors (Lipinski definition) is 2. The maximum absolute atomic E-state index is 10.5. The van der Waals surface area contributed by atoms with E-state index in [2.05, 4.69) is 4.85 Å². The molecule has 0 saturated carbocycles. The molecule has 0 unspecified atom stereocenters. The lowest BCUT2D eigenvalue weighted by Gasteiger charge is -2.01. The molecule has 0 N–H and O–H groups in total. The molecule has 0 bridgehead atoms. The molecule has 1 aromatic rings. The highest BCUT2D eigenvalue weighted by atomic mass is 16.6. The van der Waals surface area contributed by atoms with Gasteiger partial charge in [0, 0.05) is 6.07 Å². The molecule has 66 valence electrons. The van der Waals surface area contributed by atoms with Gasteiger partial charge in [0.05, 0.1) is 11.5 Å². The summed E-state index contributed by atoms with van der Waals surface area (Å²) >= 11 is 0. The highest BCUT2D eigenvalue weighted by Crippen LogP contribution is 2.32. The second-order valence-electron chi connectivity index (χ2n) is 2.74. The zero-order chi connectivity index (χ0) is 10.0. The highest BCUT2D eigenvalue weighted by Gasteiger charge is 2.16. The number of hydrogen-bond donors (Lipinski definition) is 0. The Bertz CT molecular complexity index is 405. The van der Waals surface area contributed by atoms with Gasteiger partial charge >= 0.3 is 0 Å². The molecule has 4 nitrogen and oxygen atoms in total. The summed E-state index contributed by atoms with van der Waals surface area (Å²) in [6.45, 7) is 10.4. The van der Waals surface area contributed by atoms with Crippen LogP contribution in [0.2, 0.25) is 0 Å². The van der Waals surface area contributed by atoms with Crippen molar-refractivity contribution < 1.29 is 4.92 Å². The smallest absolute Gasteiger partial charge is 0.260 e. The van der Waals surface area contributed by atoms with Gasteiger partial charge in [-0.25, -0.2) is 4.85 Å². The molecule has 0 radical (unpaired) electrons. The molecule has 0 fully saturated rings. The van der Waals surface area contributed by atoms with E-state index in [-0.39, 0.29) is 11.4 Å². The lowest BCUT2D eigenvalue weighted by Crippen LogP contribution is -1.91. The van der Waals surface area contributed by atoms with E-state index in [4.69, 9.17) is 6.57 Å². The zero-order valence-corrected chi connectivity index (χ0v) is 7.37. The standard InChI is InChI=1S/C9H8N2O2/c1-6-4-5-8(11(12)13)9(10-3)7(6)2/h4-5H,1-2H3. The Labute approximate surface area is 75.8 Å². The average Bonchev–Trinajstić information content (AvgIpc) is 2.09. The van der Waals surface area contributed by atoms with E-state index in [0.29, 0.717) is 5.56 Å². The van der Waals surface area contributed by atoms with Crippen LogP contribution in [0, 0.1) is 30.5 Å². The van der Waals surface area contributed by atoms with Gasteiger partial charge < -0.3 is 0 Å². The predicted octanol–water partition coefficient (Wildman–Crippen LogP) is 2.76. The van der Waals surface area contributed by atoms with Gasteiger partial charge in [-0.2, -0.15) is 0 Å². The van der Waals surface area contributed by atoms with Gasteiger partial charge in [-0.1, -0.05) is 11.6 Å². The van der Waals surface area contributed by atoms with E-state index < -0.39 is 4.92 Å². The Balaban J connectivity index is 3.50. The number of benzene rings is 1. The highest BCUT2D eigenvalue weighted by molar-refractivity contribution is 5.68. The Morgan fingerprint density at radius 2 is 2.08 bits per heavy atom. The van der Waals surface area contributed by atoms with Gasteiger partial charge in [0.1, 0.15) is 0 Å². The largest absolute Gasteiger partial charge is 0.279 e. The van der Waals surface area contributed by atoms with Crippen LogP contribution in [0.1, 0.15) is 11.1 Å². The Hall–Kier alpha value is -1.89. The summed E-state index contributed by atoms with van der Waals surface area (Å²) in [6.07, 6.45) is 0. The second-order valence-corrected chi connectivity index (χ2v) is 2.74. The minimum absolute atomic E-state index is 0.113. The monoisotopic (exact) mass is 176 g/mol. The van der Waals surface area contributed by atoms with Crippen LogP contribution in [0.5, 0.6) is 0 Å². The summed E-state index contributed by atoms with van der Waals surface area (Å²) in [5.74, 6) is 0. The predicted molar refractivity (Wildman–Crippen MR) is 48.8 cm³/mol. The normalized spacial score (nSPS) is 9.31. The summed E-state index contributed by atoms with van der Waals surface area (Å²) in [4.78, 5) is 13.1. The van der Waals surface area contributed by atoms with Crippen molar-refractivity contribution >= 4 is 11.4 Å². The van der Waals surface area contributed by atoms with E-state index >= 15 is 0 Å². The lowest BCUT2D eigenvalue weighted by atomic mass is 10.1. The van der Waals surface area contributed by atoms with E-state index in [1.165, 1.54) is 6.07 Å². The third-order valence-corrected chi connectivity index (χ3v) is 1.99. The summed E-state index contributed by atoms with van der Waals surface area (Å²) in [7, 11) is 0. The van der Waals surface area contributed by atoms with Gasteiger partial charge in [0.15, 0.2) is 0 Å². The van der Waals surface area contributed by atoms with Gasteiger partial charge in [-0.3, -0.25) is 10.1 Å². The van der Waals surface area contributed by atoms with Crippen molar-refractivity contribution in [3.05, 3.63) is 44.8 Å². The number of nitrogens with zero attached hydrogens (tertiary/aromatic N) is 2. The first kappa shape index (κ1) is 9.20. The quantitative estimate of drug-likeness (QED) is 0.375. The van der Waals surface area contributed by atoms with E-state index in [0.717, 1.165) is 5.56 Å². The third kappa shape index (κ3) is 1.49. The number of nitro benzene ring substituents is 1. The van der Waals surface area contributed by atoms with Crippen molar-refractivity contribution in [1.82, 2.24) is 0 Å². The molecule has 0 atom stereocenters. The van der Waals surface area contributed by atoms with Crippen molar-refractivity contribution in [1.29, 1.82) is 0 Å². The molecule has 0 aliphatic rings. The van der Waals surface area contributed by atoms with Crippen LogP contribution < -0.4 is 0 Å². The molecule has 0 amide bonds. The molecule has 1 aromatic carbocycles. The Morgan fingerprint density at radius 1 is 1.46 bits per heavy atom. The van der Waals surface area contributed by atoms with E-state index in [9.17, 15) is 10.1 Å². The summed E-state index contributed by atoms with van der Waals surface area (Å²) in [5, 5.41) is 10.5. The summed E-state index contributed by atoms with van der Waals surface area (Å²) in [5.41, 5.74) is 1.61. The molecule has 0 heterocycles. The fraction of sp³-hybridized carbons (Fsp3) is 0.222. The van der Waals surface area contributed by atoms with Crippen LogP contribution in [-0.2, 0) is 0 Å². The van der Waals surface area contributed by atoms with Crippen molar-refractivity contribution in [3.63, 3.8) is 0 Å². The maximum atomic E-state index is 10.5. The Kier molecular flexibility index (Phi) is 2.29. The molecule has 0 aliphatic heterocycles. The van der Waals surface area contributed by atoms with Gasteiger partial charge in [0.25, 0.3) is 11.4 Å². The van der Waals surface area contributed by atoms with E-state index in [1.807, 2.05) is 6.92 Å². The molecule has 13 heavy (non-hydrogen) atoms. The fourth-order valence-corrected chi connectivity index (χ4v) is 1.08. The van der Waals surface area contributed by atoms with Crippen molar-refractivity contribution in [2.24, 2.45) is 0 Å². The second kappa shape index (κ2) is 3.23. The van der Waals surface area contributed by atoms with Crippen molar-refractivity contribution in [3.8, 4) is 0 Å². The van der Waals surface area contributed by atoms with Crippen LogP contribution >= 0.6 is 0 Å². The lowest BCUT2D eigenvalue weighted by molar-refractivity contribution is -0.383. The first-order valence-electron chi connectivity index (χ1n) is 3.70. The molecule has 0 aromatic heterocycles. The number of nitro groups is 1. The van der Waals surface area contributed by atoms with Crippen LogP contribution in [0.25, 0.3) is 4.85 Å². The molecule has 0 saturated heterocycles. The van der Waals surface area contributed by atoms with Crippen molar-refractivity contribution in [2.75, 3.05) is 0 Å². The first-order valence-corrected chi connectivity index (χ1v) is 3.70. The zero-order valence-electron chi connectivity index (χ0n) is 7.37. The van der Waals surface area contributed by atoms with Crippen LogP contribution in [0.15, 0.2) is 12.1 Å². The molecule has 4 heteroatoms. The molecular formula is C9H8N2O2. The number of rotatable bonds is 1. The maximum Gasteiger partial charge on any atom is 0.279 e. The summed E-state index contributed by atoms with van der Waals surface area (Å²) in [6, 6.07) is 3.03. The van der Waals surface area contributed by atoms with Gasteiger partial charge in [-0.05, 0) is 19.4 Å². The van der Waals surface area contributed by atoms with E-state index in [1.54, 1.807) is 13.0 Å². The Morgan fingerprint density at radius 3 is 2.54 bits per heavy atom. The minimum Gasteiger partial charge on any atom is -0.260 e. The molecule has 0 aliphatic carbocycles. The van der Waals surface area contributed by atoms with Crippen molar-refractivity contribution in [2.45, 2.75) is 13.8 Å². The van der Waals surface area contributed by atoms with Crippen LogP contribution in [-0.4, -0.2) is 4.92 Å². The molecular weight excluding hydrogens is 168 g/mol. The SMILES string of the molecule is [C-]#[N+]c1c([N+](=O)[O-])ccc(C)c1C. The number of aryl methyl sites for hydroxylation is 1. The third-order valence-electron chi connectivity index (χ3n) is 1.99. The van der Waals surface area contributed by atoms with Crippen LogP contribution in [0.3, 0.4) is 0 Å². The van der Waals surface area contributed by atoms with Gasteiger partial charge in [-0.15, -0.1) is 0 Å². The van der Waals surface area contributed by atoms with Crippen LogP contribution in [0.4, 0.5) is 11.4 Å². The molecule has 0 spiro atoms. The summed E-state index contributed by atoms with van der Waals surface area (Å²) < 4.78 is 0. The van der Waals surface area contributed by atoms with Gasteiger partial charge in [0.2, 0.25) is 0 Å². The topological polar surface area (TPSA) is 47.5 Å². The first-order chi connectivity index (χ1) is 6.07. The average molecular weight is 176 g/mol.